The Kier molecular flexibility index (Phi) is 6.09. The van der Waals surface area contributed by atoms with Gasteiger partial charge in [-0.05, 0) is 55.4 Å². The molecule has 2 aromatic carbocycles. The van der Waals surface area contributed by atoms with Gasteiger partial charge in [0.15, 0.2) is 0 Å². The molecule has 4 rings (SSSR count). The van der Waals surface area contributed by atoms with Gasteiger partial charge in [-0.2, -0.15) is 4.98 Å². The summed E-state index contributed by atoms with van der Waals surface area (Å²) < 4.78 is 5.50. The summed E-state index contributed by atoms with van der Waals surface area (Å²) in [7, 11) is 0. The van der Waals surface area contributed by atoms with Crippen molar-refractivity contribution >= 4 is 6.29 Å². The fraction of sp³-hybridized carbons (Fsp3) is 0.400. The van der Waals surface area contributed by atoms with E-state index in [0.29, 0.717) is 23.7 Å². The molecule has 156 valence electrons. The Balaban J connectivity index is 1.40. The molecule has 0 saturated heterocycles. The highest BCUT2D eigenvalue weighted by Crippen LogP contribution is 2.29. The molecule has 1 aliphatic rings. The molecule has 3 aromatic rings. The second-order valence-corrected chi connectivity index (χ2v) is 8.79. The van der Waals surface area contributed by atoms with E-state index in [2.05, 4.69) is 60.5 Å². The Bertz CT molecular complexity index is 970. The molecule has 1 heterocycles. The number of carbonyl (C=O) groups excluding carboxylic acids is 1. The first-order valence-corrected chi connectivity index (χ1v) is 10.8. The van der Waals surface area contributed by atoms with E-state index in [1.807, 2.05) is 24.3 Å². The van der Waals surface area contributed by atoms with E-state index >= 15 is 0 Å². The molecule has 1 aliphatic carbocycles. The fourth-order valence-corrected chi connectivity index (χ4v) is 3.99. The van der Waals surface area contributed by atoms with Crippen LogP contribution in [0, 0.1) is 11.8 Å². The number of aldehydes is 1. The van der Waals surface area contributed by atoms with Crippen molar-refractivity contribution in [1.82, 2.24) is 15.5 Å². The molecule has 1 saturated carbocycles. The van der Waals surface area contributed by atoms with Crippen LogP contribution in [0.4, 0.5) is 0 Å². The maximum Gasteiger partial charge on any atom is 0.258 e. The summed E-state index contributed by atoms with van der Waals surface area (Å²) in [5.74, 6) is 2.00. The van der Waals surface area contributed by atoms with Gasteiger partial charge in [0.1, 0.15) is 6.29 Å². The predicted molar refractivity (Wildman–Crippen MR) is 118 cm³/mol. The van der Waals surface area contributed by atoms with Crippen LogP contribution >= 0.6 is 0 Å². The van der Waals surface area contributed by atoms with Crippen LogP contribution in [-0.2, 0) is 11.2 Å². The summed E-state index contributed by atoms with van der Waals surface area (Å²) in [5.41, 5.74) is 4.39. The van der Waals surface area contributed by atoms with Crippen molar-refractivity contribution in [1.29, 1.82) is 0 Å². The highest BCUT2D eigenvalue weighted by molar-refractivity contribution is 5.60. The summed E-state index contributed by atoms with van der Waals surface area (Å²) in [4.78, 5) is 15.3. The SMILES string of the molecule is CC(C)Cc1ccc(-c2nc(-c3ccc([C@@H](C)NC4CC(C=O)C4)cc3)no2)cc1. The van der Waals surface area contributed by atoms with Gasteiger partial charge in [0.25, 0.3) is 5.89 Å². The standard InChI is InChI=1S/C25H29N3O2/c1-16(2)12-18-4-6-22(7-5-18)25-27-24(28-30-25)21-10-8-20(9-11-21)17(3)26-23-13-19(14-23)15-29/h4-11,15-17,19,23,26H,12-14H2,1-3H3/t17-,19?,23?/m1/s1. The fourth-order valence-electron chi connectivity index (χ4n) is 3.99. The molecule has 1 aromatic heterocycles. The topological polar surface area (TPSA) is 68.0 Å². The van der Waals surface area contributed by atoms with E-state index < -0.39 is 0 Å². The van der Waals surface area contributed by atoms with Crippen molar-refractivity contribution in [3.05, 3.63) is 59.7 Å². The lowest BCUT2D eigenvalue weighted by molar-refractivity contribution is -0.113. The number of benzene rings is 2. The van der Waals surface area contributed by atoms with Crippen molar-refractivity contribution in [3.63, 3.8) is 0 Å². The Morgan fingerprint density at radius 3 is 2.33 bits per heavy atom. The molecule has 1 atom stereocenters. The molecule has 0 bridgehead atoms. The Hall–Kier alpha value is -2.79. The Labute approximate surface area is 177 Å². The van der Waals surface area contributed by atoms with E-state index in [0.717, 1.165) is 36.7 Å². The minimum Gasteiger partial charge on any atom is -0.334 e. The van der Waals surface area contributed by atoms with Crippen LogP contribution in [0.3, 0.4) is 0 Å². The number of nitrogens with zero attached hydrogens (tertiary/aromatic N) is 2. The maximum atomic E-state index is 10.8. The molecule has 1 N–H and O–H groups in total. The van der Waals surface area contributed by atoms with Crippen LogP contribution in [0.25, 0.3) is 22.8 Å². The van der Waals surface area contributed by atoms with Gasteiger partial charge in [0.2, 0.25) is 5.82 Å². The zero-order valence-electron chi connectivity index (χ0n) is 17.8. The van der Waals surface area contributed by atoms with Crippen LogP contribution in [0.1, 0.15) is 50.8 Å². The highest BCUT2D eigenvalue weighted by Gasteiger charge is 2.29. The molecule has 30 heavy (non-hydrogen) atoms. The van der Waals surface area contributed by atoms with Gasteiger partial charge in [-0.15, -0.1) is 0 Å². The number of rotatable bonds is 8. The van der Waals surface area contributed by atoms with Crippen LogP contribution in [0.2, 0.25) is 0 Å². The van der Waals surface area contributed by atoms with Gasteiger partial charge in [-0.1, -0.05) is 55.4 Å². The molecule has 1 fully saturated rings. The largest absolute Gasteiger partial charge is 0.334 e. The summed E-state index contributed by atoms with van der Waals surface area (Å²) in [5, 5.41) is 7.75. The molecule has 0 aliphatic heterocycles. The average Bonchev–Trinajstić information content (AvgIpc) is 3.20. The van der Waals surface area contributed by atoms with E-state index in [9.17, 15) is 4.79 Å². The van der Waals surface area contributed by atoms with Gasteiger partial charge in [0.05, 0.1) is 0 Å². The third kappa shape index (κ3) is 4.68. The van der Waals surface area contributed by atoms with E-state index in [4.69, 9.17) is 4.52 Å². The lowest BCUT2D eigenvalue weighted by atomic mass is 9.81. The third-order valence-electron chi connectivity index (χ3n) is 5.79. The normalized spacial score (nSPS) is 19.5. The first kappa shape index (κ1) is 20.5. The highest BCUT2D eigenvalue weighted by atomic mass is 16.5. The molecule has 5 heteroatoms. The monoisotopic (exact) mass is 403 g/mol. The number of hydrogen-bond acceptors (Lipinski definition) is 5. The minimum absolute atomic E-state index is 0.232. The predicted octanol–water partition coefficient (Wildman–Crippen LogP) is 5.23. The number of carbonyl (C=O) groups is 1. The molecule has 0 radical (unpaired) electrons. The second-order valence-electron chi connectivity index (χ2n) is 8.79. The molecule has 0 unspecified atom stereocenters. The first-order chi connectivity index (χ1) is 14.5. The summed E-state index contributed by atoms with van der Waals surface area (Å²) >= 11 is 0. The molecular weight excluding hydrogens is 374 g/mol. The lowest BCUT2D eigenvalue weighted by Crippen LogP contribution is -2.42. The number of nitrogens with one attached hydrogen (secondary N) is 1. The van der Waals surface area contributed by atoms with Crippen molar-refractivity contribution in [2.45, 2.75) is 52.1 Å². The molecule has 0 spiro atoms. The van der Waals surface area contributed by atoms with Crippen molar-refractivity contribution in [2.75, 3.05) is 0 Å². The maximum absolute atomic E-state index is 10.8. The number of hydrogen-bond donors (Lipinski definition) is 1. The second kappa shape index (κ2) is 8.92. The van der Waals surface area contributed by atoms with E-state index in [1.54, 1.807) is 0 Å². The first-order valence-electron chi connectivity index (χ1n) is 10.8. The van der Waals surface area contributed by atoms with Crippen molar-refractivity contribution in [2.24, 2.45) is 11.8 Å². The van der Waals surface area contributed by atoms with Crippen LogP contribution in [0.15, 0.2) is 53.1 Å². The lowest BCUT2D eigenvalue weighted by Gasteiger charge is -2.34. The van der Waals surface area contributed by atoms with Crippen molar-refractivity contribution < 1.29 is 9.32 Å². The zero-order chi connectivity index (χ0) is 21.1. The van der Waals surface area contributed by atoms with Gasteiger partial charge in [-0.3, -0.25) is 0 Å². The smallest absolute Gasteiger partial charge is 0.258 e. The van der Waals surface area contributed by atoms with Gasteiger partial charge < -0.3 is 14.6 Å². The Morgan fingerprint density at radius 2 is 1.70 bits per heavy atom. The minimum atomic E-state index is 0.232. The summed E-state index contributed by atoms with van der Waals surface area (Å²) in [6.07, 6.45) is 4.01. The molecular formula is C25H29N3O2. The zero-order valence-corrected chi connectivity index (χ0v) is 17.8. The third-order valence-corrected chi connectivity index (χ3v) is 5.79. The average molecular weight is 404 g/mol. The Morgan fingerprint density at radius 1 is 1.03 bits per heavy atom. The van der Waals surface area contributed by atoms with Crippen LogP contribution in [0.5, 0.6) is 0 Å². The summed E-state index contributed by atoms with van der Waals surface area (Å²) in [6.45, 7) is 6.59. The van der Waals surface area contributed by atoms with Crippen LogP contribution < -0.4 is 5.32 Å². The van der Waals surface area contributed by atoms with Crippen LogP contribution in [-0.4, -0.2) is 22.5 Å². The molecule has 5 nitrogen and oxygen atoms in total. The van der Waals surface area contributed by atoms with E-state index in [1.165, 1.54) is 11.1 Å². The van der Waals surface area contributed by atoms with Gasteiger partial charge in [0, 0.05) is 29.1 Å². The van der Waals surface area contributed by atoms with Gasteiger partial charge >= 0.3 is 0 Å². The van der Waals surface area contributed by atoms with Crippen molar-refractivity contribution in [3.8, 4) is 22.8 Å². The quantitative estimate of drug-likeness (QED) is 0.522. The summed E-state index contributed by atoms with van der Waals surface area (Å²) in [6, 6.07) is 17.3. The van der Waals surface area contributed by atoms with Gasteiger partial charge in [-0.25, -0.2) is 0 Å². The number of aromatic nitrogens is 2. The van der Waals surface area contributed by atoms with E-state index in [-0.39, 0.29) is 12.0 Å². The molecule has 0 amide bonds.